The first-order valence-electron chi connectivity index (χ1n) is 13.3. The summed E-state index contributed by atoms with van der Waals surface area (Å²) in [6.45, 7) is 1.09. The third-order valence-corrected chi connectivity index (χ3v) is 7.52. The zero-order valence-electron chi connectivity index (χ0n) is 25.1. The zero-order chi connectivity index (χ0) is 30.5. The van der Waals surface area contributed by atoms with Crippen molar-refractivity contribution in [1.82, 2.24) is 0 Å². The number of hydrogen-bond donors (Lipinski definition) is 0. The van der Waals surface area contributed by atoms with Gasteiger partial charge in [-0.2, -0.15) is 0 Å². The lowest BCUT2D eigenvalue weighted by Crippen LogP contribution is -3.00. The standard InChI is InChI=1S/C25H32NO7.B8.HI/c1-26(2)8-7-16-12-21-24(33-14-32-21)25(31-6)22(16)18(26)13-17(27)9-15-10-19(28-3)23(30-5)20(11-15)29-4;1-6(2)8(5)7(3)4;/h10-12,18H,7-9,13-14H2,1-6H3;;1H/q+1;;/p-1. The van der Waals surface area contributed by atoms with Gasteiger partial charge in [0.25, 0.3) is 0 Å². The molecule has 4 rings (SSSR count). The number of benzene rings is 2. The molecule has 1 atom stereocenters. The normalized spacial score (nSPS) is 15.5. The Morgan fingerprint density at radius 3 is 1.95 bits per heavy atom. The lowest BCUT2D eigenvalue weighted by molar-refractivity contribution is -0.922. The minimum absolute atomic E-state index is 0. The summed E-state index contributed by atoms with van der Waals surface area (Å²) < 4.78 is 34.1. The van der Waals surface area contributed by atoms with E-state index in [0.717, 1.165) is 29.7 Å². The van der Waals surface area contributed by atoms with Gasteiger partial charge in [0, 0.05) is 70.7 Å². The molecule has 2 aromatic rings. The summed E-state index contributed by atoms with van der Waals surface area (Å²) in [4.78, 5) is 13.3. The Morgan fingerprint density at radius 1 is 0.905 bits per heavy atom. The maximum absolute atomic E-state index is 13.3. The van der Waals surface area contributed by atoms with Gasteiger partial charge in [-0.3, -0.25) is 4.79 Å². The Morgan fingerprint density at radius 2 is 1.48 bits per heavy atom. The molecule has 0 spiro atoms. The summed E-state index contributed by atoms with van der Waals surface area (Å²) >= 11 is 0. The Labute approximate surface area is 274 Å². The maximum atomic E-state index is 13.3. The first kappa shape index (κ1) is 36.3. The first-order valence-corrected chi connectivity index (χ1v) is 13.3. The third kappa shape index (κ3) is 8.18. The monoisotopic (exact) mass is 673 g/mol. The van der Waals surface area contributed by atoms with Crippen molar-refractivity contribution < 1.29 is 61.7 Å². The van der Waals surface area contributed by atoms with Crippen LogP contribution in [-0.4, -0.2) is 124 Å². The van der Waals surface area contributed by atoms with Crippen molar-refractivity contribution in [1.29, 1.82) is 0 Å². The number of nitrogens with zero attached hydrogens (tertiary/aromatic N) is 1. The van der Waals surface area contributed by atoms with Crippen LogP contribution in [-0.2, 0) is 17.6 Å². The van der Waals surface area contributed by atoms with Gasteiger partial charge in [-0.1, -0.05) is 0 Å². The van der Waals surface area contributed by atoms with Crippen LogP contribution in [0.1, 0.15) is 29.2 Å². The zero-order valence-corrected chi connectivity index (χ0v) is 27.3. The van der Waals surface area contributed by atoms with E-state index in [9.17, 15) is 4.79 Å². The van der Waals surface area contributed by atoms with Crippen molar-refractivity contribution in [2.75, 3.05) is 55.9 Å². The molecule has 0 aromatic heterocycles. The Hall–Kier alpha value is -1.88. The van der Waals surface area contributed by atoms with Crippen LogP contribution in [0.5, 0.6) is 34.5 Å². The van der Waals surface area contributed by atoms with Crippen LogP contribution in [0.15, 0.2) is 18.2 Å². The Bertz CT molecular complexity index is 1200. The minimum atomic E-state index is -0.630. The van der Waals surface area contributed by atoms with Crippen LogP contribution in [0.25, 0.3) is 0 Å². The predicted octanol–water partition coefficient (Wildman–Crippen LogP) is -2.72. The van der Waals surface area contributed by atoms with E-state index in [2.05, 4.69) is 14.1 Å². The minimum Gasteiger partial charge on any atom is -1.00 e. The van der Waals surface area contributed by atoms with Gasteiger partial charge in [-0.15, -0.1) is 0 Å². The molecule has 0 amide bonds. The number of carbonyl (C=O) groups excluding carboxylic acids is 1. The van der Waals surface area contributed by atoms with Gasteiger partial charge in [-0.25, -0.2) is 0 Å². The first-order chi connectivity index (χ1) is 19.4. The number of methoxy groups -OCH3 is 4. The van der Waals surface area contributed by atoms with E-state index in [1.807, 2.05) is 18.2 Å². The van der Waals surface area contributed by atoms with Crippen LogP contribution in [0.4, 0.5) is 0 Å². The van der Waals surface area contributed by atoms with Gasteiger partial charge < -0.3 is 56.9 Å². The number of Topliss-reactive ketones (excluding diaryl/α,β-unsaturated/α-hetero) is 1. The average Bonchev–Trinajstić information content (AvgIpc) is 3.41. The smallest absolute Gasteiger partial charge is 0.231 e. The van der Waals surface area contributed by atoms with E-state index in [-0.39, 0.29) is 49.0 Å². The van der Waals surface area contributed by atoms with Gasteiger partial charge in [0.15, 0.2) is 23.0 Å². The molecular weight excluding hydrogens is 640 g/mol. The lowest BCUT2D eigenvalue weighted by atomic mass is 8.68. The topological polar surface area (TPSA) is 72.5 Å². The predicted molar refractivity (Wildman–Crippen MR) is 168 cm³/mol. The van der Waals surface area contributed by atoms with E-state index in [1.54, 1.807) is 28.4 Å². The number of ketones is 1. The maximum Gasteiger partial charge on any atom is 0.231 e. The number of rotatable bonds is 10. The fraction of sp³-hybridized carbons (Fsp3) is 0.480. The molecule has 2 aliphatic heterocycles. The van der Waals surface area contributed by atoms with Gasteiger partial charge in [-0.05, 0) is 29.3 Å². The number of carbonyl (C=O) groups is 1. The van der Waals surface area contributed by atoms with Crippen molar-refractivity contribution in [2.45, 2.75) is 25.3 Å². The average molecular weight is 672 g/mol. The molecule has 0 N–H and O–H groups in total. The van der Waals surface area contributed by atoms with Gasteiger partial charge in [0.1, 0.15) is 11.8 Å². The number of likely N-dealkylation sites (N-methyl/N-ethyl adjacent to an activating group) is 1. The molecule has 0 fully saturated rings. The fourth-order valence-electron chi connectivity index (χ4n) is 5.12. The van der Waals surface area contributed by atoms with E-state index < -0.39 is 19.2 Å². The molecular formula is C25H32B8INO7. The van der Waals surface area contributed by atoms with Crippen LogP contribution >= 0.6 is 0 Å². The Kier molecular flexibility index (Phi) is 13.6. The molecule has 1 unspecified atom stereocenters. The molecule has 8 nitrogen and oxygen atoms in total. The van der Waals surface area contributed by atoms with E-state index >= 15 is 0 Å². The highest BCUT2D eigenvalue weighted by Gasteiger charge is 2.42. The Balaban J connectivity index is 0.000000603. The van der Waals surface area contributed by atoms with Crippen molar-refractivity contribution >= 4 is 63.6 Å². The SMILES string of the molecule is COc1cc(CC(=O)CC2c3c(cc4c(c3OC)OCO4)CC[N+]2(C)C)cc(OC)c1OC.[B]B([B])B([B])B([B])[B].[I-]. The molecule has 0 aliphatic carbocycles. The van der Waals surface area contributed by atoms with Crippen molar-refractivity contribution in [3.63, 3.8) is 0 Å². The summed E-state index contributed by atoms with van der Waals surface area (Å²) in [6, 6.07) is 5.63. The van der Waals surface area contributed by atoms with E-state index in [4.69, 9.17) is 67.1 Å². The van der Waals surface area contributed by atoms with Gasteiger partial charge in [0.05, 0.1) is 61.1 Å². The summed E-state index contributed by atoms with van der Waals surface area (Å²) in [7, 11) is 36.4. The molecule has 17 heteroatoms. The van der Waals surface area contributed by atoms with Crippen LogP contribution in [0.3, 0.4) is 0 Å². The highest BCUT2D eigenvalue weighted by Crippen LogP contribution is 2.51. The second-order valence-electron chi connectivity index (χ2n) is 10.7. The fourth-order valence-corrected chi connectivity index (χ4v) is 5.12. The highest BCUT2D eigenvalue weighted by atomic mass is 127. The van der Waals surface area contributed by atoms with Crippen LogP contribution in [0, 0.1) is 0 Å². The summed E-state index contributed by atoms with van der Waals surface area (Å²) in [5.74, 6) is 3.71. The second kappa shape index (κ2) is 15.7. The van der Waals surface area contributed by atoms with Crippen molar-refractivity contribution in [3.8, 4) is 34.5 Å². The largest absolute Gasteiger partial charge is 1.00 e. The van der Waals surface area contributed by atoms with Crippen molar-refractivity contribution in [3.05, 3.63) is 34.9 Å². The van der Waals surface area contributed by atoms with Crippen LogP contribution in [0.2, 0.25) is 0 Å². The molecule has 0 saturated carbocycles. The molecule has 42 heavy (non-hydrogen) atoms. The molecule has 210 valence electrons. The number of quaternary nitrogens is 1. The summed E-state index contributed by atoms with van der Waals surface area (Å²) in [6.07, 6.45) is -0.269. The number of halogens is 1. The third-order valence-electron chi connectivity index (χ3n) is 7.52. The number of hydrogen-bond acceptors (Lipinski definition) is 7. The number of ether oxygens (including phenoxy) is 6. The van der Waals surface area contributed by atoms with Crippen LogP contribution < -0.4 is 52.4 Å². The molecule has 0 saturated heterocycles. The van der Waals surface area contributed by atoms with Crippen molar-refractivity contribution in [2.24, 2.45) is 0 Å². The molecule has 0 bridgehead atoms. The lowest BCUT2D eigenvalue weighted by Gasteiger charge is -2.43. The molecule has 2 heterocycles. The summed E-state index contributed by atoms with van der Waals surface area (Å²) in [5, 5.41) is 0. The quantitative estimate of drug-likeness (QED) is 0.155. The molecule has 2 aliphatic rings. The second-order valence-corrected chi connectivity index (χ2v) is 10.7. The number of fused-ring (bicyclic) bond motifs is 2. The molecule has 2 aromatic carbocycles. The van der Waals surface area contributed by atoms with E-state index in [1.165, 1.54) is 0 Å². The highest BCUT2D eigenvalue weighted by molar-refractivity contribution is 7.89. The summed E-state index contributed by atoms with van der Waals surface area (Å²) in [5.41, 5.74) is 3.00. The van der Waals surface area contributed by atoms with E-state index in [0.29, 0.717) is 45.4 Å². The molecule has 10 radical (unpaired) electrons. The van der Waals surface area contributed by atoms with Gasteiger partial charge >= 0.3 is 0 Å². The van der Waals surface area contributed by atoms with Gasteiger partial charge in [0.2, 0.25) is 18.3 Å².